The van der Waals surface area contributed by atoms with Gasteiger partial charge in [0.1, 0.15) is 6.61 Å². The highest BCUT2D eigenvalue weighted by atomic mass is 16.5. The predicted molar refractivity (Wildman–Crippen MR) is 125 cm³/mol. The van der Waals surface area contributed by atoms with Gasteiger partial charge in [0.15, 0.2) is 6.10 Å². The van der Waals surface area contributed by atoms with Gasteiger partial charge in [0.05, 0.1) is 13.2 Å². The van der Waals surface area contributed by atoms with Crippen LogP contribution in [0.15, 0.2) is 48.5 Å². The van der Waals surface area contributed by atoms with Crippen molar-refractivity contribution in [1.82, 2.24) is 10.2 Å². The number of nitrogens with zero attached hydrogens (tertiary/aromatic N) is 1. The first-order valence-electron chi connectivity index (χ1n) is 11.7. The number of benzene rings is 2. The van der Waals surface area contributed by atoms with Crippen molar-refractivity contribution in [3.63, 3.8) is 0 Å². The number of ether oxygens (including phenoxy) is 2. The Hall–Kier alpha value is -3.39. The maximum Gasteiger partial charge on any atom is 0.407 e. The van der Waals surface area contributed by atoms with Crippen molar-refractivity contribution in [2.75, 3.05) is 26.3 Å². The van der Waals surface area contributed by atoms with E-state index >= 15 is 0 Å². The summed E-state index contributed by atoms with van der Waals surface area (Å²) in [7, 11) is 0. The van der Waals surface area contributed by atoms with Crippen LogP contribution in [0.25, 0.3) is 11.1 Å². The standard InChI is InChI=1S/C26H30N2O6/c1-2-17(11-12-24(29)28-13-14-33-23(15-28)25(30)31)27-26(32)34-16-22-20-9-5-3-7-18(20)19-8-4-6-10-21(19)22/h3-10,17,22-23H,2,11-16H2,1H3,(H,27,32)(H,30,31). The molecular weight excluding hydrogens is 436 g/mol. The molecule has 2 aromatic carbocycles. The summed E-state index contributed by atoms with van der Waals surface area (Å²) in [6, 6.07) is 16.1. The van der Waals surface area contributed by atoms with Gasteiger partial charge in [0.25, 0.3) is 0 Å². The molecule has 0 radical (unpaired) electrons. The second-order valence-electron chi connectivity index (χ2n) is 8.65. The van der Waals surface area contributed by atoms with E-state index in [4.69, 9.17) is 14.6 Å². The normalized spacial score (nSPS) is 18.0. The highest BCUT2D eigenvalue weighted by Gasteiger charge is 2.30. The van der Waals surface area contributed by atoms with Crippen LogP contribution in [0.4, 0.5) is 4.79 Å². The first-order chi connectivity index (χ1) is 16.5. The molecule has 2 N–H and O–H groups in total. The number of aliphatic carboxylic acids is 1. The summed E-state index contributed by atoms with van der Waals surface area (Å²) >= 11 is 0. The highest BCUT2D eigenvalue weighted by molar-refractivity contribution is 5.80. The lowest BCUT2D eigenvalue weighted by Crippen LogP contribution is -2.48. The fourth-order valence-corrected chi connectivity index (χ4v) is 4.67. The number of nitrogens with one attached hydrogen (secondary N) is 1. The molecule has 1 heterocycles. The molecule has 4 rings (SSSR count). The minimum atomic E-state index is -1.07. The van der Waals surface area contributed by atoms with Crippen molar-refractivity contribution in [1.29, 1.82) is 0 Å². The van der Waals surface area contributed by atoms with E-state index in [1.54, 1.807) is 0 Å². The number of carbonyl (C=O) groups is 3. The fourth-order valence-electron chi connectivity index (χ4n) is 4.67. The number of carbonyl (C=O) groups excluding carboxylic acids is 2. The fraction of sp³-hybridized carbons (Fsp3) is 0.423. The van der Waals surface area contributed by atoms with Crippen LogP contribution >= 0.6 is 0 Å². The Morgan fingerprint density at radius 3 is 2.38 bits per heavy atom. The third kappa shape index (κ3) is 5.22. The molecule has 8 heteroatoms. The van der Waals surface area contributed by atoms with Crippen LogP contribution < -0.4 is 5.32 Å². The van der Waals surface area contributed by atoms with E-state index in [9.17, 15) is 14.4 Å². The third-order valence-electron chi connectivity index (χ3n) is 6.56. The van der Waals surface area contributed by atoms with Crippen LogP contribution in [0.1, 0.15) is 43.2 Å². The molecule has 2 aliphatic rings. The summed E-state index contributed by atoms with van der Waals surface area (Å²) in [5.41, 5.74) is 4.65. The van der Waals surface area contributed by atoms with Gasteiger partial charge in [-0.05, 0) is 35.1 Å². The summed E-state index contributed by atoms with van der Waals surface area (Å²) < 4.78 is 10.8. The molecule has 1 fully saturated rings. The van der Waals surface area contributed by atoms with Gasteiger partial charge in [-0.25, -0.2) is 9.59 Å². The summed E-state index contributed by atoms with van der Waals surface area (Å²) in [6.45, 7) is 2.80. The number of fused-ring (bicyclic) bond motifs is 3. The van der Waals surface area contributed by atoms with Gasteiger partial charge >= 0.3 is 12.1 Å². The van der Waals surface area contributed by atoms with E-state index in [1.807, 2.05) is 31.2 Å². The number of hydrogen-bond acceptors (Lipinski definition) is 5. The molecular formula is C26H30N2O6. The van der Waals surface area contributed by atoms with Crippen LogP contribution in [-0.2, 0) is 19.1 Å². The van der Waals surface area contributed by atoms with Crippen LogP contribution in [0, 0.1) is 0 Å². The number of carboxylic acid groups (broad SMARTS) is 1. The Morgan fingerprint density at radius 1 is 1.12 bits per heavy atom. The number of rotatable bonds is 8. The third-order valence-corrected chi connectivity index (χ3v) is 6.56. The summed E-state index contributed by atoms with van der Waals surface area (Å²) in [5, 5.41) is 12.0. The van der Waals surface area contributed by atoms with Gasteiger partial charge in [-0.15, -0.1) is 0 Å². The van der Waals surface area contributed by atoms with Gasteiger partial charge in [-0.3, -0.25) is 4.79 Å². The van der Waals surface area contributed by atoms with Crippen LogP contribution in [0.5, 0.6) is 0 Å². The van der Waals surface area contributed by atoms with Gasteiger partial charge in [-0.2, -0.15) is 0 Å². The maximum absolute atomic E-state index is 12.5. The smallest absolute Gasteiger partial charge is 0.407 e. The molecule has 0 aromatic heterocycles. The Morgan fingerprint density at radius 2 is 1.76 bits per heavy atom. The molecule has 180 valence electrons. The monoisotopic (exact) mass is 466 g/mol. The molecule has 2 amide bonds. The second-order valence-corrected chi connectivity index (χ2v) is 8.65. The Labute approximate surface area is 198 Å². The average Bonchev–Trinajstić information content (AvgIpc) is 3.18. The van der Waals surface area contributed by atoms with Gasteiger partial charge < -0.3 is 24.8 Å². The number of carboxylic acids is 1. The second kappa shape index (κ2) is 10.7. The van der Waals surface area contributed by atoms with E-state index in [-0.39, 0.29) is 44.0 Å². The molecule has 2 unspecified atom stereocenters. The summed E-state index contributed by atoms with van der Waals surface area (Å²) in [4.78, 5) is 37.7. The van der Waals surface area contributed by atoms with E-state index < -0.39 is 18.2 Å². The first kappa shape index (κ1) is 23.8. The zero-order valence-corrected chi connectivity index (χ0v) is 19.2. The van der Waals surface area contributed by atoms with E-state index in [0.717, 1.165) is 11.1 Å². The van der Waals surface area contributed by atoms with E-state index in [0.29, 0.717) is 19.4 Å². The summed E-state index contributed by atoms with van der Waals surface area (Å²) in [5.74, 6) is -1.22. The average molecular weight is 467 g/mol. The molecule has 1 aliphatic carbocycles. The lowest BCUT2D eigenvalue weighted by molar-refractivity contribution is -0.159. The molecule has 2 aromatic rings. The molecule has 34 heavy (non-hydrogen) atoms. The Balaban J connectivity index is 1.28. The minimum Gasteiger partial charge on any atom is -0.479 e. The quantitative estimate of drug-likeness (QED) is 0.618. The lowest BCUT2D eigenvalue weighted by atomic mass is 9.98. The number of alkyl carbamates (subject to hydrolysis) is 1. The molecule has 8 nitrogen and oxygen atoms in total. The van der Waals surface area contributed by atoms with Crippen molar-refractivity contribution in [3.8, 4) is 11.1 Å². The van der Waals surface area contributed by atoms with Crippen molar-refractivity contribution in [2.45, 2.75) is 44.2 Å². The van der Waals surface area contributed by atoms with Crippen molar-refractivity contribution < 1.29 is 29.0 Å². The van der Waals surface area contributed by atoms with Gasteiger partial charge in [-0.1, -0.05) is 55.5 Å². The summed E-state index contributed by atoms with van der Waals surface area (Å²) in [6.07, 6.45) is -0.168. The number of morpholine rings is 1. The lowest BCUT2D eigenvalue weighted by Gasteiger charge is -2.31. The molecule has 2 atom stereocenters. The van der Waals surface area contributed by atoms with Crippen molar-refractivity contribution in [3.05, 3.63) is 59.7 Å². The van der Waals surface area contributed by atoms with Crippen molar-refractivity contribution in [2.24, 2.45) is 0 Å². The minimum absolute atomic E-state index is 0.0108. The first-order valence-corrected chi connectivity index (χ1v) is 11.7. The van der Waals surface area contributed by atoms with Crippen LogP contribution in [0.2, 0.25) is 0 Å². The number of hydrogen-bond donors (Lipinski definition) is 2. The van der Waals surface area contributed by atoms with Crippen LogP contribution in [-0.4, -0.2) is 66.4 Å². The van der Waals surface area contributed by atoms with E-state index in [1.165, 1.54) is 16.0 Å². The van der Waals surface area contributed by atoms with Crippen molar-refractivity contribution >= 4 is 18.0 Å². The zero-order chi connectivity index (χ0) is 24.1. The SMILES string of the molecule is CCC(CCC(=O)N1CCOC(C(=O)O)C1)NC(=O)OCC1c2ccccc2-c2ccccc21. The number of amides is 2. The van der Waals surface area contributed by atoms with Gasteiger partial charge in [0.2, 0.25) is 5.91 Å². The van der Waals surface area contributed by atoms with E-state index in [2.05, 4.69) is 29.6 Å². The highest BCUT2D eigenvalue weighted by Crippen LogP contribution is 2.44. The topological polar surface area (TPSA) is 105 Å². The molecule has 1 aliphatic heterocycles. The zero-order valence-electron chi connectivity index (χ0n) is 19.2. The predicted octanol–water partition coefficient (Wildman–Crippen LogP) is 3.40. The Bertz CT molecular complexity index is 1010. The largest absolute Gasteiger partial charge is 0.479 e. The van der Waals surface area contributed by atoms with Gasteiger partial charge in [0, 0.05) is 24.9 Å². The molecule has 0 saturated carbocycles. The van der Waals surface area contributed by atoms with Crippen LogP contribution in [0.3, 0.4) is 0 Å². The molecule has 0 bridgehead atoms. The Kier molecular flexibility index (Phi) is 7.47. The molecule has 0 spiro atoms. The molecule has 1 saturated heterocycles. The maximum atomic E-state index is 12.5.